The van der Waals surface area contributed by atoms with Gasteiger partial charge in [-0.3, -0.25) is 19.7 Å². The van der Waals surface area contributed by atoms with Crippen LogP contribution in [0.15, 0.2) is 79.5 Å². The average molecular weight is 657 g/mol. The lowest BCUT2D eigenvalue weighted by molar-refractivity contribution is -0.385. The molecule has 1 aromatic heterocycles. The molecule has 10 nitrogen and oxygen atoms in total. The predicted octanol–water partition coefficient (Wildman–Crippen LogP) is 6.07. The molecule has 1 amide bonds. The number of benzene rings is 3. The molecule has 39 heavy (non-hydrogen) atoms. The first-order valence-electron chi connectivity index (χ1n) is 12.0. The highest BCUT2D eigenvalue weighted by Crippen LogP contribution is 2.34. The Morgan fingerprint density at radius 3 is 2.64 bits per heavy atom. The average Bonchev–Trinajstić information content (AvgIpc) is 2.91. The van der Waals surface area contributed by atoms with Crippen LogP contribution in [0.4, 0.5) is 11.4 Å². The van der Waals surface area contributed by atoms with E-state index in [-0.39, 0.29) is 22.6 Å². The molecule has 0 aliphatic rings. The fraction of sp³-hybridized carbons (Fsp3) is 0.185. The number of anilines is 1. The number of nitrogens with zero attached hydrogens (tertiary/aromatic N) is 4. The Labute approximate surface area is 240 Å². The molecule has 1 N–H and O–H groups in total. The highest BCUT2D eigenvalue weighted by Gasteiger charge is 2.22. The van der Waals surface area contributed by atoms with Gasteiger partial charge in [0.05, 0.1) is 22.0 Å². The van der Waals surface area contributed by atoms with Gasteiger partial charge in [-0.1, -0.05) is 63.4 Å². The van der Waals surface area contributed by atoms with Crippen molar-refractivity contribution >= 4 is 66.3 Å². The van der Waals surface area contributed by atoms with E-state index in [0.717, 1.165) is 17.3 Å². The number of nitro groups is 1. The molecule has 4 aromatic rings. The maximum atomic E-state index is 13.4. The van der Waals surface area contributed by atoms with Crippen molar-refractivity contribution in [3.05, 3.63) is 101 Å². The lowest BCUT2D eigenvalue weighted by Gasteiger charge is -2.12. The molecule has 0 unspecified atom stereocenters. The third-order valence-electron chi connectivity index (χ3n) is 5.61. The minimum Gasteiger partial charge on any atom is -0.476 e. The first kappa shape index (κ1) is 28.1. The highest BCUT2D eigenvalue weighted by atomic mass is 79.9. The number of aryl methyl sites for hydroxylation is 1. The van der Waals surface area contributed by atoms with Gasteiger partial charge in [0.1, 0.15) is 5.82 Å². The zero-order valence-corrected chi connectivity index (χ0v) is 23.9. The molecule has 1 heterocycles. The number of hydrogen-bond donors (Lipinski definition) is 1. The minimum absolute atomic E-state index is 0.158. The van der Waals surface area contributed by atoms with Crippen molar-refractivity contribution in [1.82, 2.24) is 9.66 Å². The van der Waals surface area contributed by atoms with Gasteiger partial charge in [0, 0.05) is 32.7 Å². The summed E-state index contributed by atoms with van der Waals surface area (Å²) in [6.07, 6.45) is 3.48. The quantitative estimate of drug-likeness (QED) is 0.125. The van der Waals surface area contributed by atoms with Gasteiger partial charge in [-0.05, 0) is 42.8 Å². The van der Waals surface area contributed by atoms with Crippen LogP contribution < -0.4 is 15.6 Å². The molecule has 0 radical (unpaired) electrons. The van der Waals surface area contributed by atoms with Crippen LogP contribution in [0, 0.1) is 10.1 Å². The van der Waals surface area contributed by atoms with Gasteiger partial charge in [-0.2, -0.15) is 9.78 Å². The molecule has 12 heteroatoms. The summed E-state index contributed by atoms with van der Waals surface area (Å²) in [6.45, 7) is 1.55. The van der Waals surface area contributed by atoms with E-state index in [1.54, 1.807) is 42.5 Å². The fourth-order valence-corrected chi connectivity index (χ4v) is 4.60. The van der Waals surface area contributed by atoms with E-state index >= 15 is 0 Å². The molecule has 0 saturated heterocycles. The van der Waals surface area contributed by atoms with E-state index in [9.17, 15) is 19.7 Å². The van der Waals surface area contributed by atoms with E-state index in [0.29, 0.717) is 33.3 Å². The van der Waals surface area contributed by atoms with Crippen molar-refractivity contribution in [3.63, 3.8) is 0 Å². The molecule has 0 bridgehead atoms. The van der Waals surface area contributed by atoms with Gasteiger partial charge in [-0.25, -0.2) is 4.98 Å². The normalized spacial score (nSPS) is 11.2. The maximum Gasteiger partial charge on any atom is 0.312 e. The fourth-order valence-electron chi connectivity index (χ4n) is 3.78. The molecule has 0 aliphatic heterocycles. The van der Waals surface area contributed by atoms with Crippen molar-refractivity contribution in [2.24, 2.45) is 5.10 Å². The molecule has 0 spiro atoms. The number of ether oxygens (including phenoxy) is 1. The van der Waals surface area contributed by atoms with Crippen LogP contribution in [-0.2, 0) is 11.2 Å². The monoisotopic (exact) mass is 655 g/mol. The Morgan fingerprint density at radius 1 is 1.15 bits per heavy atom. The second kappa shape index (κ2) is 12.8. The summed E-state index contributed by atoms with van der Waals surface area (Å²) in [5, 5.41) is 19.3. The van der Waals surface area contributed by atoms with E-state index in [1.165, 1.54) is 17.0 Å². The van der Waals surface area contributed by atoms with E-state index in [2.05, 4.69) is 47.3 Å². The van der Waals surface area contributed by atoms with Crippen molar-refractivity contribution in [2.75, 3.05) is 11.9 Å². The number of halogens is 2. The lowest BCUT2D eigenvalue weighted by Crippen LogP contribution is -2.23. The van der Waals surface area contributed by atoms with Gasteiger partial charge in [0.2, 0.25) is 5.75 Å². The van der Waals surface area contributed by atoms with Crippen LogP contribution >= 0.6 is 31.9 Å². The molecule has 0 atom stereocenters. The summed E-state index contributed by atoms with van der Waals surface area (Å²) >= 11 is 6.67. The van der Waals surface area contributed by atoms with Crippen LogP contribution in [0.1, 0.15) is 31.2 Å². The number of para-hydroxylation sites is 1. The van der Waals surface area contributed by atoms with Gasteiger partial charge >= 0.3 is 5.69 Å². The topological polar surface area (TPSA) is 129 Å². The predicted molar refractivity (Wildman–Crippen MR) is 157 cm³/mol. The SMILES string of the molecule is CCCCc1nc2ccc(Br)cc2c(=O)n1N=Cc1cc(Br)cc([N+](=O)[O-])c1OCC(=O)Nc1ccccc1. The molecule has 0 fully saturated rings. The number of rotatable bonds is 10. The highest BCUT2D eigenvalue weighted by molar-refractivity contribution is 9.10. The van der Waals surface area contributed by atoms with Gasteiger partial charge in [-0.15, -0.1) is 0 Å². The number of nitrogens with one attached hydrogen (secondary N) is 1. The second-order valence-electron chi connectivity index (χ2n) is 8.46. The van der Waals surface area contributed by atoms with Crippen molar-refractivity contribution < 1.29 is 14.5 Å². The Hall–Kier alpha value is -3.90. The Balaban J connectivity index is 1.73. The van der Waals surface area contributed by atoms with Crippen molar-refractivity contribution in [3.8, 4) is 5.75 Å². The van der Waals surface area contributed by atoms with E-state index in [1.807, 2.05) is 19.1 Å². The Morgan fingerprint density at radius 2 is 1.92 bits per heavy atom. The van der Waals surface area contributed by atoms with Crippen LogP contribution in [0.3, 0.4) is 0 Å². The number of nitro benzene ring substituents is 1. The number of aromatic nitrogens is 2. The number of unbranched alkanes of at least 4 members (excludes halogenated alkanes) is 1. The first-order valence-corrected chi connectivity index (χ1v) is 13.6. The van der Waals surface area contributed by atoms with Crippen LogP contribution in [0.5, 0.6) is 5.75 Å². The molecule has 3 aromatic carbocycles. The third-order valence-corrected chi connectivity index (χ3v) is 6.56. The molecule has 200 valence electrons. The number of hydrogen-bond acceptors (Lipinski definition) is 7. The summed E-state index contributed by atoms with van der Waals surface area (Å²) in [7, 11) is 0. The summed E-state index contributed by atoms with van der Waals surface area (Å²) in [5.41, 5.74) is 0.571. The number of fused-ring (bicyclic) bond motifs is 1. The molecular weight excluding hydrogens is 634 g/mol. The molecule has 0 saturated carbocycles. The standard InChI is InChI=1S/C27H23Br2N5O5/c1-2-3-9-24-32-22-11-10-18(28)13-21(22)27(36)33(24)30-15-17-12-19(29)14-23(34(37)38)26(17)39-16-25(35)31-20-7-5-4-6-8-20/h4-8,10-15H,2-3,9,16H2,1H3,(H,31,35). The first-order chi connectivity index (χ1) is 18.8. The number of carbonyl (C=O) groups excluding carboxylic acids is 1. The largest absolute Gasteiger partial charge is 0.476 e. The minimum atomic E-state index is -0.611. The second-order valence-corrected chi connectivity index (χ2v) is 10.3. The Kier molecular flexibility index (Phi) is 9.20. The zero-order chi connectivity index (χ0) is 27.9. The van der Waals surface area contributed by atoms with Gasteiger partial charge in [0.15, 0.2) is 6.61 Å². The third kappa shape index (κ3) is 6.95. The maximum absolute atomic E-state index is 13.4. The van der Waals surface area contributed by atoms with E-state index < -0.39 is 17.4 Å². The van der Waals surface area contributed by atoms with Crippen LogP contribution in [0.2, 0.25) is 0 Å². The Bertz CT molecular complexity index is 1620. The summed E-state index contributed by atoms with van der Waals surface area (Å²) in [5.74, 6) is -0.194. The molecular formula is C27H23Br2N5O5. The summed E-state index contributed by atoms with van der Waals surface area (Å²) in [4.78, 5) is 41.7. The van der Waals surface area contributed by atoms with Crippen LogP contribution in [0.25, 0.3) is 10.9 Å². The molecule has 0 aliphatic carbocycles. The van der Waals surface area contributed by atoms with Crippen LogP contribution in [-0.4, -0.2) is 33.3 Å². The van der Waals surface area contributed by atoms with Gasteiger partial charge in [0.25, 0.3) is 11.5 Å². The number of amides is 1. The van der Waals surface area contributed by atoms with Crippen molar-refractivity contribution in [2.45, 2.75) is 26.2 Å². The van der Waals surface area contributed by atoms with Crippen molar-refractivity contribution in [1.29, 1.82) is 0 Å². The van der Waals surface area contributed by atoms with E-state index in [4.69, 9.17) is 4.74 Å². The summed E-state index contributed by atoms with van der Waals surface area (Å²) < 4.78 is 7.96. The number of carbonyl (C=O) groups is 1. The van der Waals surface area contributed by atoms with Gasteiger partial charge < -0.3 is 10.1 Å². The molecule has 4 rings (SSSR count). The zero-order valence-electron chi connectivity index (χ0n) is 20.8. The lowest BCUT2D eigenvalue weighted by atomic mass is 10.2. The summed E-state index contributed by atoms with van der Waals surface area (Å²) in [6, 6.07) is 16.8. The smallest absolute Gasteiger partial charge is 0.312 e.